The Morgan fingerprint density at radius 2 is 1.59 bits per heavy atom. The molecule has 3 aliphatic carbocycles. The predicted octanol–water partition coefficient (Wildman–Crippen LogP) is 6.75. The van der Waals surface area contributed by atoms with Gasteiger partial charge >= 0.3 is 0 Å². The first kappa shape index (κ1) is 28.3. The van der Waals surface area contributed by atoms with Gasteiger partial charge in [0, 0.05) is 17.2 Å². The lowest BCUT2D eigenvalue weighted by Crippen LogP contribution is -2.54. The van der Waals surface area contributed by atoms with E-state index in [4.69, 9.17) is 27.9 Å². The number of halogens is 2. The first-order valence-corrected chi connectivity index (χ1v) is 15.2. The number of benzene rings is 4. The molecule has 0 spiro atoms. The topological polar surface area (TPSA) is 88.1 Å². The smallest absolute Gasteiger partial charge is 0.272 e. The molecule has 3 amide bonds. The molecular formula is C35H27Cl2N3O4. The summed E-state index contributed by atoms with van der Waals surface area (Å²) in [6, 6.07) is 27.4. The highest BCUT2D eigenvalue weighted by Crippen LogP contribution is 2.63. The summed E-state index contributed by atoms with van der Waals surface area (Å²) in [6.07, 6.45) is 2.49. The third kappa shape index (κ3) is 4.18. The third-order valence-corrected chi connectivity index (χ3v) is 9.41. The van der Waals surface area contributed by atoms with Crippen molar-refractivity contribution >= 4 is 52.8 Å². The summed E-state index contributed by atoms with van der Waals surface area (Å²) in [6.45, 7) is 2.60. The van der Waals surface area contributed by atoms with Gasteiger partial charge in [-0.05, 0) is 71.1 Å². The Bertz CT molecular complexity index is 1810. The minimum atomic E-state index is -1.12. The quantitative estimate of drug-likeness (QED) is 0.140. The van der Waals surface area contributed by atoms with Crippen LogP contribution in [0.4, 0.5) is 5.69 Å². The normalized spacial score (nSPS) is 23.0. The van der Waals surface area contributed by atoms with Crippen molar-refractivity contribution in [1.82, 2.24) is 5.43 Å². The van der Waals surface area contributed by atoms with Crippen LogP contribution in [0.2, 0.25) is 10.0 Å². The summed E-state index contributed by atoms with van der Waals surface area (Å²) in [5.74, 6) is -2.16. The van der Waals surface area contributed by atoms with Crippen LogP contribution in [0, 0.1) is 11.8 Å². The van der Waals surface area contributed by atoms with Crippen LogP contribution in [0.15, 0.2) is 96.1 Å². The molecule has 9 heteroatoms. The lowest BCUT2D eigenvalue weighted by Gasteiger charge is -2.52. The van der Waals surface area contributed by atoms with Crippen molar-refractivity contribution in [2.75, 3.05) is 11.5 Å². The molecule has 0 saturated carbocycles. The molecule has 2 atom stereocenters. The van der Waals surface area contributed by atoms with Crippen molar-refractivity contribution in [2.45, 2.75) is 24.7 Å². The number of amides is 3. The number of hydrogen-bond acceptors (Lipinski definition) is 5. The molecule has 1 heterocycles. The Balaban J connectivity index is 1.34. The van der Waals surface area contributed by atoms with E-state index < -0.39 is 23.2 Å². The highest BCUT2D eigenvalue weighted by molar-refractivity contribution is 6.36. The van der Waals surface area contributed by atoms with Crippen LogP contribution < -0.4 is 15.1 Å². The standard InChI is InChI=1S/C35H27Cl2N3O4/c1-2-17-44-22-14-12-21(13-15-22)40-33(42)30-29-23-7-3-5-9-26(23)35(31(30)34(40)43,27-10-6-4-8-24(27)29)19-38-39-32(41)25-16-11-20(36)18-28(25)37/h3-16,18-19,29-31H,2,17H2,1H3,(H,39,41)/b38-19-/t29?,30-,31-,35?/m1/s1. The van der Waals surface area contributed by atoms with E-state index in [0.29, 0.717) is 23.1 Å². The average Bonchev–Trinajstić information content (AvgIpc) is 3.30. The molecule has 1 aliphatic heterocycles. The minimum absolute atomic E-state index is 0.190. The van der Waals surface area contributed by atoms with E-state index in [1.807, 2.05) is 55.5 Å². The van der Waals surface area contributed by atoms with Gasteiger partial charge in [0.1, 0.15) is 5.75 Å². The van der Waals surface area contributed by atoms with Crippen LogP contribution in [0.1, 0.15) is 51.9 Å². The highest BCUT2D eigenvalue weighted by Gasteiger charge is 2.68. The molecule has 4 aromatic carbocycles. The Labute approximate surface area is 264 Å². The van der Waals surface area contributed by atoms with Gasteiger partial charge in [0.2, 0.25) is 11.8 Å². The molecule has 1 saturated heterocycles. The first-order chi connectivity index (χ1) is 21.4. The number of carbonyl (C=O) groups excluding carboxylic acids is 3. The van der Waals surface area contributed by atoms with Crippen LogP contribution >= 0.6 is 23.2 Å². The predicted molar refractivity (Wildman–Crippen MR) is 170 cm³/mol. The number of ether oxygens (including phenoxy) is 1. The molecular weight excluding hydrogens is 597 g/mol. The maximum atomic E-state index is 14.5. The van der Waals surface area contributed by atoms with Gasteiger partial charge in [-0.3, -0.25) is 14.4 Å². The van der Waals surface area contributed by atoms with E-state index in [0.717, 1.165) is 28.7 Å². The summed E-state index contributed by atoms with van der Waals surface area (Å²) in [4.78, 5) is 43.2. The fourth-order valence-electron chi connectivity index (χ4n) is 7.14. The fourth-order valence-corrected chi connectivity index (χ4v) is 7.64. The number of imide groups is 1. The first-order valence-electron chi connectivity index (χ1n) is 14.5. The van der Waals surface area contributed by atoms with E-state index in [1.54, 1.807) is 36.5 Å². The number of hydrogen-bond donors (Lipinski definition) is 1. The number of carbonyl (C=O) groups is 3. The average molecular weight is 625 g/mol. The summed E-state index contributed by atoms with van der Waals surface area (Å²) >= 11 is 12.3. The third-order valence-electron chi connectivity index (χ3n) is 8.86. The lowest BCUT2D eigenvalue weighted by atomic mass is 9.47. The summed E-state index contributed by atoms with van der Waals surface area (Å²) in [5.41, 5.74) is 5.89. The molecule has 7 nitrogen and oxygen atoms in total. The monoisotopic (exact) mass is 623 g/mol. The molecule has 4 aliphatic rings. The van der Waals surface area contributed by atoms with Gasteiger partial charge in [0.15, 0.2) is 0 Å². The second-order valence-electron chi connectivity index (χ2n) is 11.2. The SMILES string of the molecule is CCCOc1ccc(N2C(=O)[C@@H]3C4c5ccccc5C(/C=N\NC(=O)c5ccc(Cl)cc5Cl)(c5ccccc54)[C@H]3C2=O)cc1. The molecule has 0 unspecified atom stereocenters. The summed E-state index contributed by atoms with van der Waals surface area (Å²) < 4.78 is 5.72. The maximum Gasteiger partial charge on any atom is 0.272 e. The van der Waals surface area contributed by atoms with E-state index >= 15 is 0 Å². The fraction of sp³-hybridized carbons (Fsp3) is 0.200. The van der Waals surface area contributed by atoms with Crippen LogP contribution in [-0.4, -0.2) is 30.5 Å². The number of rotatable bonds is 7. The maximum absolute atomic E-state index is 14.5. The van der Waals surface area contributed by atoms with Crippen molar-refractivity contribution in [3.63, 3.8) is 0 Å². The van der Waals surface area contributed by atoms with E-state index in [9.17, 15) is 14.4 Å². The number of hydrazone groups is 1. The van der Waals surface area contributed by atoms with Gasteiger partial charge in [0.25, 0.3) is 5.91 Å². The van der Waals surface area contributed by atoms with Crippen molar-refractivity contribution < 1.29 is 19.1 Å². The van der Waals surface area contributed by atoms with Crippen molar-refractivity contribution in [3.05, 3.63) is 129 Å². The van der Waals surface area contributed by atoms with Gasteiger partial charge < -0.3 is 4.74 Å². The van der Waals surface area contributed by atoms with Gasteiger partial charge in [-0.25, -0.2) is 10.3 Å². The zero-order chi connectivity index (χ0) is 30.6. The molecule has 4 aromatic rings. The van der Waals surface area contributed by atoms with Gasteiger partial charge in [-0.2, -0.15) is 5.10 Å². The van der Waals surface area contributed by atoms with Gasteiger partial charge in [-0.1, -0.05) is 78.7 Å². The molecule has 0 radical (unpaired) electrons. The zero-order valence-electron chi connectivity index (χ0n) is 23.7. The van der Waals surface area contributed by atoms with Crippen LogP contribution in [0.5, 0.6) is 5.75 Å². The Hall–Kier alpha value is -4.46. The Kier molecular flexibility index (Phi) is 7.03. The van der Waals surface area contributed by atoms with Crippen LogP contribution in [0.25, 0.3) is 0 Å². The highest BCUT2D eigenvalue weighted by atomic mass is 35.5. The van der Waals surface area contributed by atoms with E-state index in [1.165, 1.54) is 17.0 Å². The minimum Gasteiger partial charge on any atom is -0.494 e. The molecule has 8 rings (SSSR count). The van der Waals surface area contributed by atoms with E-state index in [2.05, 4.69) is 10.5 Å². The lowest BCUT2D eigenvalue weighted by molar-refractivity contribution is -0.122. The number of nitrogens with one attached hydrogen (secondary N) is 1. The Morgan fingerprint density at radius 1 is 0.932 bits per heavy atom. The van der Waals surface area contributed by atoms with Crippen LogP contribution in [-0.2, 0) is 15.0 Å². The largest absolute Gasteiger partial charge is 0.494 e. The van der Waals surface area contributed by atoms with Crippen molar-refractivity contribution in [3.8, 4) is 5.75 Å². The molecule has 220 valence electrons. The number of anilines is 1. The van der Waals surface area contributed by atoms with Crippen molar-refractivity contribution in [1.29, 1.82) is 0 Å². The van der Waals surface area contributed by atoms with Gasteiger partial charge in [-0.15, -0.1) is 0 Å². The second-order valence-corrected chi connectivity index (χ2v) is 12.0. The van der Waals surface area contributed by atoms with Crippen molar-refractivity contribution in [2.24, 2.45) is 16.9 Å². The zero-order valence-corrected chi connectivity index (χ0v) is 25.2. The molecule has 44 heavy (non-hydrogen) atoms. The second kappa shape index (κ2) is 10.9. The molecule has 1 fully saturated rings. The number of nitrogens with zero attached hydrogens (tertiary/aromatic N) is 2. The summed E-state index contributed by atoms with van der Waals surface area (Å²) in [5, 5.41) is 5.04. The van der Waals surface area contributed by atoms with E-state index in [-0.39, 0.29) is 28.3 Å². The van der Waals surface area contributed by atoms with Gasteiger partial charge in [0.05, 0.1) is 40.1 Å². The Morgan fingerprint density at radius 3 is 2.23 bits per heavy atom. The van der Waals surface area contributed by atoms with Crippen LogP contribution in [0.3, 0.4) is 0 Å². The molecule has 1 N–H and O–H groups in total. The molecule has 0 aromatic heterocycles. The molecule has 2 bridgehead atoms. The summed E-state index contributed by atoms with van der Waals surface area (Å²) in [7, 11) is 0.